The number of nitrogens with zero attached hydrogens (tertiary/aromatic N) is 1. The molecular formula is C24H22N2OS. The van der Waals surface area contributed by atoms with Gasteiger partial charge in [0.2, 0.25) is 5.91 Å². The van der Waals surface area contributed by atoms with E-state index in [9.17, 15) is 4.79 Å². The van der Waals surface area contributed by atoms with E-state index in [0.29, 0.717) is 12.0 Å². The molecular weight excluding hydrogens is 364 g/mol. The summed E-state index contributed by atoms with van der Waals surface area (Å²) in [4.78, 5) is 15.9. The van der Waals surface area contributed by atoms with Gasteiger partial charge in [-0.1, -0.05) is 67.6 Å². The Morgan fingerprint density at radius 3 is 2.71 bits per heavy atom. The quantitative estimate of drug-likeness (QED) is 0.652. The Hall–Kier alpha value is -2.30. The van der Waals surface area contributed by atoms with Gasteiger partial charge in [-0.25, -0.2) is 0 Å². The Morgan fingerprint density at radius 2 is 1.82 bits per heavy atom. The number of nitrogens with one attached hydrogen (secondary N) is 1. The van der Waals surface area contributed by atoms with Crippen LogP contribution in [-0.4, -0.2) is 28.5 Å². The number of rotatable bonds is 1. The predicted octanol–water partition coefficient (Wildman–Crippen LogP) is 4.80. The van der Waals surface area contributed by atoms with E-state index in [0.717, 1.165) is 22.9 Å². The van der Waals surface area contributed by atoms with Gasteiger partial charge in [0.1, 0.15) is 5.54 Å². The van der Waals surface area contributed by atoms with Crippen LogP contribution in [0.25, 0.3) is 10.8 Å². The molecule has 6 rings (SSSR count). The largest absolute Gasteiger partial charge is 0.324 e. The molecule has 3 aromatic carbocycles. The molecule has 2 saturated heterocycles. The molecule has 0 radical (unpaired) electrons. The zero-order valence-corrected chi connectivity index (χ0v) is 16.6. The van der Waals surface area contributed by atoms with Crippen molar-refractivity contribution >= 4 is 34.1 Å². The highest BCUT2D eigenvalue weighted by atomic mass is 32.2. The topological polar surface area (TPSA) is 32.3 Å². The van der Waals surface area contributed by atoms with Crippen LogP contribution in [0.5, 0.6) is 0 Å². The first-order valence-electron chi connectivity index (χ1n) is 9.95. The second kappa shape index (κ2) is 5.85. The third-order valence-corrected chi connectivity index (χ3v) is 8.11. The zero-order valence-electron chi connectivity index (χ0n) is 15.8. The zero-order chi connectivity index (χ0) is 18.9. The normalized spacial score (nSPS) is 31.3. The molecule has 2 fully saturated rings. The van der Waals surface area contributed by atoms with Crippen LogP contribution in [-0.2, 0) is 10.3 Å². The predicted molar refractivity (Wildman–Crippen MR) is 116 cm³/mol. The van der Waals surface area contributed by atoms with Crippen molar-refractivity contribution in [1.29, 1.82) is 0 Å². The summed E-state index contributed by atoms with van der Waals surface area (Å²) in [5.74, 6) is 2.71. The van der Waals surface area contributed by atoms with Crippen molar-refractivity contribution in [2.24, 2.45) is 5.92 Å². The fraction of sp³-hybridized carbons (Fsp3) is 0.292. The van der Waals surface area contributed by atoms with E-state index < -0.39 is 5.54 Å². The van der Waals surface area contributed by atoms with Crippen molar-refractivity contribution < 1.29 is 4.79 Å². The molecule has 1 amide bonds. The average Bonchev–Trinajstić information content (AvgIpc) is 3.36. The molecule has 140 valence electrons. The maximum Gasteiger partial charge on any atom is 0.249 e. The monoisotopic (exact) mass is 386 g/mol. The Balaban J connectivity index is 1.54. The lowest BCUT2D eigenvalue weighted by Crippen LogP contribution is -2.50. The minimum absolute atomic E-state index is 0.150. The van der Waals surface area contributed by atoms with Crippen LogP contribution < -0.4 is 5.32 Å². The van der Waals surface area contributed by atoms with Crippen molar-refractivity contribution in [2.75, 3.05) is 16.9 Å². The van der Waals surface area contributed by atoms with Crippen molar-refractivity contribution in [3.63, 3.8) is 0 Å². The molecule has 3 aromatic rings. The number of anilines is 1. The Kier molecular flexibility index (Phi) is 3.48. The van der Waals surface area contributed by atoms with Gasteiger partial charge in [-0.05, 0) is 28.3 Å². The molecule has 0 bridgehead atoms. The third-order valence-electron chi connectivity index (χ3n) is 7.08. The van der Waals surface area contributed by atoms with Crippen molar-refractivity contribution in [2.45, 2.75) is 24.4 Å². The number of carbonyl (C=O) groups is 1. The number of hydrogen-bond donors (Lipinski definition) is 1. The summed E-state index contributed by atoms with van der Waals surface area (Å²) < 4.78 is 0. The van der Waals surface area contributed by atoms with Gasteiger partial charge in [0.15, 0.2) is 0 Å². The van der Waals surface area contributed by atoms with E-state index >= 15 is 0 Å². The molecule has 28 heavy (non-hydrogen) atoms. The molecule has 3 aliphatic rings. The Bertz CT molecular complexity index is 1110. The number of benzene rings is 3. The maximum atomic E-state index is 13.4. The van der Waals surface area contributed by atoms with E-state index in [4.69, 9.17) is 0 Å². The Labute approximate surface area is 169 Å². The third kappa shape index (κ3) is 1.97. The molecule has 0 aromatic heterocycles. The molecule has 3 aliphatic heterocycles. The van der Waals surface area contributed by atoms with Crippen LogP contribution in [0.15, 0.2) is 66.7 Å². The second-order valence-corrected chi connectivity index (χ2v) is 9.22. The van der Waals surface area contributed by atoms with E-state index in [1.54, 1.807) is 0 Å². The number of hydrogen-bond acceptors (Lipinski definition) is 3. The lowest BCUT2D eigenvalue weighted by molar-refractivity contribution is -0.127. The SMILES string of the molecule is C[C@H]1[C@H](c2ccc3ccccc3c2)[C@H]2CSCN2[C@]12C(=O)Nc1ccccc12. The summed E-state index contributed by atoms with van der Waals surface area (Å²) >= 11 is 1.95. The van der Waals surface area contributed by atoms with Gasteiger partial charge in [-0.3, -0.25) is 9.69 Å². The molecule has 3 nitrogen and oxygen atoms in total. The number of fused-ring (bicyclic) bond motifs is 5. The fourth-order valence-electron chi connectivity index (χ4n) is 5.90. The number of para-hydroxylation sites is 1. The summed E-state index contributed by atoms with van der Waals surface area (Å²) in [7, 11) is 0. The van der Waals surface area contributed by atoms with Crippen molar-refractivity contribution in [1.82, 2.24) is 4.90 Å². The minimum atomic E-state index is -0.554. The summed E-state index contributed by atoms with van der Waals surface area (Å²) in [6.07, 6.45) is 0. The number of amides is 1. The highest BCUT2D eigenvalue weighted by Gasteiger charge is 2.65. The van der Waals surface area contributed by atoms with Crippen molar-refractivity contribution in [3.05, 3.63) is 77.9 Å². The first-order valence-corrected chi connectivity index (χ1v) is 11.1. The highest BCUT2D eigenvalue weighted by Crippen LogP contribution is 2.60. The Morgan fingerprint density at radius 1 is 1.04 bits per heavy atom. The van der Waals surface area contributed by atoms with Crippen molar-refractivity contribution in [3.8, 4) is 0 Å². The van der Waals surface area contributed by atoms with E-state index in [2.05, 4.69) is 71.7 Å². The summed E-state index contributed by atoms with van der Waals surface area (Å²) in [6.45, 7) is 2.28. The van der Waals surface area contributed by atoms with E-state index in [1.165, 1.54) is 16.3 Å². The molecule has 3 heterocycles. The van der Waals surface area contributed by atoms with Crippen LogP contribution >= 0.6 is 11.8 Å². The van der Waals surface area contributed by atoms with Crippen LogP contribution in [0.1, 0.15) is 24.0 Å². The first kappa shape index (κ1) is 16.6. The molecule has 0 aliphatic carbocycles. The summed E-state index contributed by atoms with van der Waals surface area (Å²) in [6, 6.07) is 24.0. The highest BCUT2D eigenvalue weighted by molar-refractivity contribution is 7.99. The van der Waals surface area contributed by atoms with Gasteiger partial charge < -0.3 is 5.32 Å². The van der Waals surface area contributed by atoms with Crippen LogP contribution in [0, 0.1) is 5.92 Å². The van der Waals surface area contributed by atoms with E-state index in [1.807, 2.05) is 23.9 Å². The van der Waals surface area contributed by atoms with Gasteiger partial charge in [-0.15, -0.1) is 11.8 Å². The van der Waals surface area contributed by atoms with Crippen LogP contribution in [0.3, 0.4) is 0 Å². The first-order chi connectivity index (χ1) is 13.7. The minimum Gasteiger partial charge on any atom is -0.324 e. The van der Waals surface area contributed by atoms with Gasteiger partial charge >= 0.3 is 0 Å². The average molecular weight is 387 g/mol. The van der Waals surface area contributed by atoms with E-state index in [-0.39, 0.29) is 11.8 Å². The fourth-order valence-corrected chi connectivity index (χ4v) is 7.23. The molecule has 0 saturated carbocycles. The lowest BCUT2D eigenvalue weighted by atomic mass is 9.74. The smallest absolute Gasteiger partial charge is 0.249 e. The summed E-state index contributed by atoms with van der Waals surface area (Å²) in [5, 5.41) is 5.74. The second-order valence-electron chi connectivity index (χ2n) is 8.22. The lowest BCUT2D eigenvalue weighted by Gasteiger charge is -2.35. The molecule has 1 N–H and O–H groups in total. The number of carbonyl (C=O) groups excluding carboxylic acids is 1. The van der Waals surface area contributed by atoms with Gasteiger partial charge in [-0.2, -0.15) is 0 Å². The van der Waals surface area contributed by atoms with Crippen LogP contribution in [0.2, 0.25) is 0 Å². The number of thioether (sulfide) groups is 1. The molecule has 0 unspecified atom stereocenters. The van der Waals surface area contributed by atoms with Gasteiger partial charge in [0.05, 0.1) is 0 Å². The molecule has 4 atom stereocenters. The standard InChI is InChI=1S/C24H22N2OS/c1-15-22(18-11-10-16-6-2-3-7-17(16)12-18)21-13-28-14-26(21)24(15)19-8-4-5-9-20(19)25-23(24)27/h2-12,15,21-22H,13-14H2,1H3,(H,25,27)/t15-,21+,22+,24+/m0/s1. The summed E-state index contributed by atoms with van der Waals surface area (Å²) in [5.41, 5.74) is 2.94. The van der Waals surface area contributed by atoms with Gasteiger partial charge in [0, 0.05) is 34.8 Å². The van der Waals surface area contributed by atoms with Crippen LogP contribution in [0.4, 0.5) is 5.69 Å². The molecule has 4 heteroatoms. The van der Waals surface area contributed by atoms with Gasteiger partial charge in [0.25, 0.3) is 0 Å². The molecule has 1 spiro atoms. The maximum absolute atomic E-state index is 13.4.